The largest absolute Gasteiger partial charge is 0.390 e. The molecule has 0 bridgehead atoms. The fourth-order valence-electron chi connectivity index (χ4n) is 9.40. The van der Waals surface area contributed by atoms with Gasteiger partial charge in [0.25, 0.3) is 0 Å². The Morgan fingerprint density at radius 1 is 1.15 bits per heavy atom. The molecule has 10 atom stereocenters. The molecule has 3 saturated carbocycles. The molecule has 0 radical (unpaired) electrons. The molecule has 0 spiro atoms. The van der Waals surface area contributed by atoms with Crippen LogP contribution in [0.5, 0.6) is 0 Å². The summed E-state index contributed by atoms with van der Waals surface area (Å²) < 4.78 is 70.4. The van der Waals surface area contributed by atoms with Crippen molar-refractivity contribution in [2.24, 2.45) is 22.7 Å². The van der Waals surface area contributed by atoms with Crippen molar-refractivity contribution in [2.75, 3.05) is 12.9 Å². The molecule has 246 valence electrons. The average Bonchev–Trinajstić information content (AvgIpc) is 3.68. The van der Waals surface area contributed by atoms with Crippen LogP contribution in [0.15, 0.2) is 65.1 Å². The zero-order chi connectivity index (χ0) is 33.0. The predicted octanol–water partition coefficient (Wildman–Crippen LogP) is 4.39. The Hall–Kier alpha value is -2.61. The smallest absolute Gasteiger partial charge is 0.194 e. The summed E-state index contributed by atoms with van der Waals surface area (Å²) in [4.78, 5) is 27.7. The number of rotatable bonds is 6. The number of aliphatic hydroxyl groups excluding tert-OH is 2. The fraction of sp³-hybridized carbons (Fsp3) is 0.529. The van der Waals surface area contributed by atoms with Crippen LogP contribution in [0.1, 0.15) is 54.7 Å². The van der Waals surface area contributed by atoms with Crippen LogP contribution < -0.4 is 0 Å². The number of carbonyl (C=O) groups excluding carboxylic acids is 2. The van der Waals surface area contributed by atoms with Crippen molar-refractivity contribution in [3.05, 3.63) is 75.5 Å². The standard InChI is InChI=1S/C34H36F2O8S2/c1-31-10-9-19(38)13-24(31)25(35)14-23-22-15-29-34(28(40)17-37,32(22,2)16-27(39)33(23,31)36)44-30(43-29)26-8-7-20(45-26)11-18-5-4-6-21(12-18)46(3,41)42/h4-10,12-13,22-23,25,27,29-30,37,39H,11,14-17H2,1-3H3/t22-,23-,25-,27-,29+,30+,31-,32-,33-,34+/m0/s1. The number of halogens is 2. The first-order chi connectivity index (χ1) is 21.6. The summed E-state index contributed by atoms with van der Waals surface area (Å²) in [5, 5.41) is 21.9. The van der Waals surface area contributed by atoms with Crippen LogP contribution >= 0.6 is 11.3 Å². The molecular weight excluding hydrogens is 638 g/mol. The van der Waals surface area contributed by atoms with Crippen LogP contribution in [0, 0.1) is 22.7 Å². The quantitative estimate of drug-likeness (QED) is 0.463. The maximum atomic E-state index is 17.6. The lowest BCUT2D eigenvalue weighted by molar-refractivity contribution is -0.234. The van der Waals surface area contributed by atoms with Crippen LogP contribution in [0.4, 0.5) is 8.78 Å². The summed E-state index contributed by atoms with van der Waals surface area (Å²) in [6.45, 7) is 2.41. The van der Waals surface area contributed by atoms with Gasteiger partial charge in [0.05, 0.1) is 22.0 Å². The molecule has 12 heteroatoms. The summed E-state index contributed by atoms with van der Waals surface area (Å²) in [6, 6.07) is 10.4. The summed E-state index contributed by atoms with van der Waals surface area (Å²) in [6.07, 6.45) is -0.0916. The molecule has 4 aliphatic carbocycles. The molecule has 1 aromatic carbocycles. The highest BCUT2D eigenvalue weighted by Gasteiger charge is 2.80. The van der Waals surface area contributed by atoms with E-state index in [1.807, 2.05) is 18.2 Å². The second kappa shape index (κ2) is 10.4. The lowest BCUT2D eigenvalue weighted by atomic mass is 9.44. The molecule has 7 rings (SSSR count). The van der Waals surface area contributed by atoms with Crippen molar-refractivity contribution in [1.82, 2.24) is 0 Å². The number of benzene rings is 1. The van der Waals surface area contributed by atoms with Gasteiger partial charge in [-0.2, -0.15) is 0 Å². The zero-order valence-corrected chi connectivity index (χ0v) is 27.2. The van der Waals surface area contributed by atoms with Gasteiger partial charge in [0, 0.05) is 34.3 Å². The number of thiophene rings is 1. The lowest BCUT2D eigenvalue weighted by Crippen LogP contribution is -2.70. The first-order valence-corrected chi connectivity index (χ1v) is 18.1. The van der Waals surface area contributed by atoms with Gasteiger partial charge in [-0.3, -0.25) is 9.59 Å². The number of alkyl halides is 2. The number of carbonyl (C=O) groups is 2. The van der Waals surface area contributed by atoms with Gasteiger partial charge in [0.15, 0.2) is 39.0 Å². The predicted molar refractivity (Wildman–Crippen MR) is 164 cm³/mol. The lowest BCUT2D eigenvalue weighted by Gasteiger charge is -2.63. The van der Waals surface area contributed by atoms with Gasteiger partial charge >= 0.3 is 0 Å². The Kier molecular flexibility index (Phi) is 7.26. The molecule has 8 nitrogen and oxygen atoms in total. The summed E-state index contributed by atoms with van der Waals surface area (Å²) in [7, 11) is -3.37. The third-order valence-corrected chi connectivity index (χ3v) is 13.8. The van der Waals surface area contributed by atoms with E-state index >= 15 is 8.78 Å². The molecule has 4 fully saturated rings. The number of hydrogen-bond donors (Lipinski definition) is 2. The van der Waals surface area contributed by atoms with Gasteiger partial charge in [0.1, 0.15) is 12.8 Å². The molecule has 2 heterocycles. The summed E-state index contributed by atoms with van der Waals surface area (Å²) >= 11 is 1.38. The molecule has 1 aliphatic heterocycles. The minimum absolute atomic E-state index is 0.0184. The highest BCUT2D eigenvalue weighted by molar-refractivity contribution is 7.90. The average molecular weight is 675 g/mol. The number of sulfone groups is 1. The molecule has 1 saturated heterocycles. The van der Waals surface area contributed by atoms with Gasteiger partial charge in [-0.15, -0.1) is 11.3 Å². The molecule has 1 aromatic heterocycles. The highest BCUT2D eigenvalue weighted by Crippen LogP contribution is 2.72. The molecule has 46 heavy (non-hydrogen) atoms. The Morgan fingerprint density at radius 3 is 2.63 bits per heavy atom. The van der Waals surface area contributed by atoms with Crippen molar-refractivity contribution in [3.8, 4) is 0 Å². The first-order valence-electron chi connectivity index (χ1n) is 15.4. The summed E-state index contributed by atoms with van der Waals surface area (Å²) in [5.74, 6) is -2.72. The minimum Gasteiger partial charge on any atom is -0.390 e. The number of aliphatic hydroxyl groups is 2. The Balaban J connectivity index is 1.20. The van der Waals surface area contributed by atoms with Crippen molar-refractivity contribution in [1.29, 1.82) is 0 Å². The highest BCUT2D eigenvalue weighted by atomic mass is 32.2. The summed E-state index contributed by atoms with van der Waals surface area (Å²) in [5.41, 5.74) is -5.98. The maximum absolute atomic E-state index is 17.6. The number of fused-ring (bicyclic) bond motifs is 7. The number of ether oxygens (including phenoxy) is 2. The van der Waals surface area contributed by atoms with Gasteiger partial charge in [-0.25, -0.2) is 17.2 Å². The molecule has 2 aromatic rings. The number of allylic oxidation sites excluding steroid dienone is 4. The van der Waals surface area contributed by atoms with Crippen LogP contribution in [-0.2, 0) is 35.3 Å². The zero-order valence-electron chi connectivity index (χ0n) is 25.6. The van der Waals surface area contributed by atoms with Crippen molar-refractivity contribution < 1.29 is 46.5 Å². The topological polar surface area (TPSA) is 127 Å². The van der Waals surface area contributed by atoms with E-state index in [4.69, 9.17) is 9.47 Å². The maximum Gasteiger partial charge on any atom is 0.194 e. The normalized spacial score (nSPS) is 41.4. The van der Waals surface area contributed by atoms with Gasteiger partial charge < -0.3 is 19.7 Å². The van der Waals surface area contributed by atoms with E-state index in [-0.39, 0.29) is 29.7 Å². The Morgan fingerprint density at radius 2 is 1.91 bits per heavy atom. The number of ketones is 2. The third-order valence-electron chi connectivity index (χ3n) is 11.5. The molecular formula is C34H36F2O8S2. The van der Waals surface area contributed by atoms with Crippen molar-refractivity contribution in [2.45, 2.75) is 80.4 Å². The molecule has 0 unspecified atom stereocenters. The van der Waals surface area contributed by atoms with E-state index in [9.17, 15) is 28.2 Å². The monoisotopic (exact) mass is 674 g/mol. The van der Waals surface area contributed by atoms with E-state index in [1.54, 1.807) is 25.1 Å². The first kappa shape index (κ1) is 32.0. The van der Waals surface area contributed by atoms with Gasteiger partial charge in [-0.05, 0) is 79.7 Å². The van der Waals surface area contributed by atoms with Crippen LogP contribution in [0.3, 0.4) is 0 Å². The minimum atomic E-state index is -3.37. The molecule has 2 N–H and O–H groups in total. The van der Waals surface area contributed by atoms with Crippen LogP contribution in [0.25, 0.3) is 0 Å². The molecule has 0 amide bonds. The van der Waals surface area contributed by atoms with Gasteiger partial charge in [0.2, 0.25) is 0 Å². The SMILES string of the molecule is C[C@]12C=CC(=O)C=C1[C@@H](F)C[C@H]1[C@@H]3C[C@H]4O[C@@H](c5ccc(Cc6cccc(S(C)(=O)=O)c6)s5)O[C@@]4(C(=O)CO)[C@@]3(C)C[C@H](O)[C@@]12F. The van der Waals surface area contributed by atoms with Crippen molar-refractivity contribution >= 4 is 32.7 Å². The van der Waals surface area contributed by atoms with E-state index in [1.165, 1.54) is 30.4 Å². The second-order valence-electron chi connectivity index (χ2n) is 13.9. The number of Topliss-reactive ketones (excluding diaryl/α,β-unsaturated/α-hetero) is 1. The van der Waals surface area contributed by atoms with Crippen LogP contribution in [-0.4, -0.2) is 72.7 Å². The van der Waals surface area contributed by atoms with E-state index < -0.39 is 86.6 Å². The fourth-order valence-corrected chi connectivity index (χ4v) is 11.1. The van der Waals surface area contributed by atoms with Gasteiger partial charge in [-0.1, -0.05) is 25.1 Å². The molecule has 5 aliphatic rings. The third kappa shape index (κ3) is 4.23. The van der Waals surface area contributed by atoms with E-state index in [0.29, 0.717) is 11.3 Å². The van der Waals surface area contributed by atoms with Crippen LogP contribution in [0.2, 0.25) is 0 Å². The van der Waals surface area contributed by atoms with Crippen molar-refractivity contribution in [3.63, 3.8) is 0 Å². The van der Waals surface area contributed by atoms with E-state index in [0.717, 1.165) is 22.8 Å². The van der Waals surface area contributed by atoms with E-state index in [2.05, 4.69) is 0 Å². The Labute approximate surface area is 270 Å². The second-order valence-corrected chi connectivity index (χ2v) is 17.1. The Bertz CT molecular complexity index is 1800. The number of hydrogen-bond acceptors (Lipinski definition) is 9.